The predicted octanol–water partition coefficient (Wildman–Crippen LogP) is 0.747. The Hall–Kier alpha value is -1.66. The summed E-state index contributed by atoms with van der Waals surface area (Å²) < 4.78 is 2.20. The quantitative estimate of drug-likeness (QED) is 0.858. The van der Waals surface area contributed by atoms with Crippen molar-refractivity contribution in [1.29, 1.82) is 0 Å². The molecule has 0 aliphatic heterocycles. The molecular formula is C11H10BrN3O2. The highest BCUT2D eigenvalue weighted by atomic mass is 79.9. The maximum absolute atomic E-state index is 11.7. The van der Waals surface area contributed by atoms with E-state index in [-0.39, 0.29) is 6.54 Å². The van der Waals surface area contributed by atoms with Crippen LogP contribution in [0.5, 0.6) is 0 Å². The molecular weight excluding hydrogens is 286 g/mol. The van der Waals surface area contributed by atoms with Gasteiger partial charge in [0.15, 0.2) is 0 Å². The number of H-pyrrole nitrogens is 1. The Kier molecular flexibility index (Phi) is 3.26. The van der Waals surface area contributed by atoms with Crippen molar-refractivity contribution in [2.24, 2.45) is 5.73 Å². The van der Waals surface area contributed by atoms with Crippen LogP contribution in [-0.2, 0) is 6.54 Å². The first-order valence-electron chi connectivity index (χ1n) is 4.92. The van der Waals surface area contributed by atoms with Crippen LogP contribution in [0.15, 0.2) is 44.5 Å². The van der Waals surface area contributed by atoms with Crippen LogP contribution in [0.4, 0.5) is 0 Å². The average Bonchev–Trinajstić information content (AvgIpc) is 2.29. The van der Waals surface area contributed by atoms with Crippen LogP contribution < -0.4 is 17.0 Å². The number of hydrogen-bond donors (Lipinski definition) is 2. The van der Waals surface area contributed by atoms with Crippen LogP contribution in [0.2, 0.25) is 0 Å². The fourth-order valence-corrected chi connectivity index (χ4v) is 1.86. The Morgan fingerprint density at radius 2 is 2.12 bits per heavy atom. The fraction of sp³-hybridized carbons (Fsp3) is 0.0909. The summed E-state index contributed by atoms with van der Waals surface area (Å²) in [4.78, 5) is 25.3. The average molecular weight is 296 g/mol. The molecule has 0 saturated heterocycles. The molecule has 6 heteroatoms. The summed E-state index contributed by atoms with van der Waals surface area (Å²) in [6.07, 6.45) is 1.46. The fourth-order valence-electron chi connectivity index (χ4n) is 1.47. The van der Waals surface area contributed by atoms with Gasteiger partial charge in [-0.05, 0) is 18.2 Å². The van der Waals surface area contributed by atoms with Gasteiger partial charge in [-0.25, -0.2) is 4.79 Å². The van der Waals surface area contributed by atoms with Gasteiger partial charge >= 0.3 is 5.69 Å². The van der Waals surface area contributed by atoms with Gasteiger partial charge in [0, 0.05) is 22.8 Å². The van der Waals surface area contributed by atoms with Gasteiger partial charge in [-0.15, -0.1) is 0 Å². The maximum atomic E-state index is 11.7. The van der Waals surface area contributed by atoms with E-state index in [0.29, 0.717) is 11.3 Å². The third-order valence-corrected chi connectivity index (χ3v) is 2.82. The molecule has 0 amide bonds. The molecule has 0 spiro atoms. The highest BCUT2D eigenvalue weighted by Crippen LogP contribution is 2.13. The molecule has 0 aliphatic rings. The second kappa shape index (κ2) is 4.68. The first-order chi connectivity index (χ1) is 8.11. The third-order valence-electron chi connectivity index (χ3n) is 2.32. The second-order valence-corrected chi connectivity index (χ2v) is 4.38. The van der Waals surface area contributed by atoms with Crippen molar-refractivity contribution in [3.05, 3.63) is 61.3 Å². The lowest BCUT2D eigenvalue weighted by molar-refractivity contribution is 0.852. The van der Waals surface area contributed by atoms with E-state index in [1.54, 1.807) is 18.2 Å². The molecule has 2 rings (SSSR count). The van der Waals surface area contributed by atoms with Gasteiger partial charge in [0.05, 0.1) is 5.69 Å². The lowest BCUT2D eigenvalue weighted by atomic mass is 10.3. The molecule has 0 radical (unpaired) electrons. The minimum atomic E-state index is -0.481. The van der Waals surface area contributed by atoms with Crippen molar-refractivity contribution in [1.82, 2.24) is 9.55 Å². The maximum Gasteiger partial charge on any atom is 0.332 e. The van der Waals surface area contributed by atoms with Gasteiger partial charge in [0.25, 0.3) is 5.56 Å². The number of nitrogens with one attached hydrogen (secondary N) is 1. The van der Waals surface area contributed by atoms with E-state index in [1.165, 1.54) is 10.8 Å². The molecule has 0 saturated carbocycles. The van der Waals surface area contributed by atoms with E-state index in [0.717, 1.165) is 4.47 Å². The van der Waals surface area contributed by atoms with Crippen LogP contribution in [-0.4, -0.2) is 9.55 Å². The number of benzene rings is 1. The number of halogens is 1. The van der Waals surface area contributed by atoms with Crippen LogP contribution in [0, 0.1) is 0 Å². The van der Waals surface area contributed by atoms with Gasteiger partial charge in [0.2, 0.25) is 0 Å². The molecule has 0 atom stereocenters. The minimum Gasteiger partial charge on any atom is -0.326 e. The summed E-state index contributed by atoms with van der Waals surface area (Å²) in [5.41, 5.74) is 5.54. The predicted molar refractivity (Wildman–Crippen MR) is 68.3 cm³/mol. The summed E-state index contributed by atoms with van der Waals surface area (Å²) >= 11 is 3.32. The number of hydrogen-bond acceptors (Lipinski definition) is 3. The summed E-state index contributed by atoms with van der Waals surface area (Å²) in [5, 5.41) is 0. The largest absolute Gasteiger partial charge is 0.332 e. The molecule has 3 N–H and O–H groups in total. The highest BCUT2D eigenvalue weighted by molar-refractivity contribution is 9.10. The van der Waals surface area contributed by atoms with E-state index in [2.05, 4.69) is 20.9 Å². The summed E-state index contributed by atoms with van der Waals surface area (Å²) in [6.45, 7) is 0.0869. The molecule has 0 aliphatic carbocycles. The zero-order valence-electron chi connectivity index (χ0n) is 8.81. The van der Waals surface area contributed by atoms with Crippen molar-refractivity contribution >= 4 is 15.9 Å². The number of nitrogens with zero attached hydrogens (tertiary/aromatic N) is 1. The van der Waals surface area contributed by atoms with Crippen molar-refractivity contribution in [2.75, 3.05) is 0 Å². The Morgan fingerprint density at radius 3 is 2.76 bits per heavy atom. The summed E-state index contributed by atoms with van der Waals surface area (Å²) in [7, 11) is 0. The Balaban J connectivity index is 2.67. The molecule has 1 heterocycles. The van der Waals surface area contributed by atoms with Crippen LogP contribution in [0.25, 0.3) is 5.69 Å². The summed E-state index contributed by atoms with van der Waals surface area (Å²) in [6, 6.07) is 7.20. The number of nitrogens with two attached hydrogens (primary N) is 1. The van der Waals surface area contributed by atoms with Gasteiger partial charge in [-0.3, -0.25) is 14.3 Å². The monoisotopic (exact) mass is 295 g/mol. The van der Waals surface area contributed by atoms with Crippen LogP contribution in [0.1, 0.15) is 5.56 Å². The normalized spacial score (nSPS) is 10.5. The Labute approximate surface area is 105 Å². The molecule has 0 fully saturated rings. The highest BCUT2D eigenvalue weighted by Gasteiger charge is 2.05. The molecule has 17 heavy (non-hydrogen) atoms. The van der Waals surface area contributed by atoms with Crippen molar-refractivity contribution in [2.45, 2.75) is 6.54 Å². The Bertz CT molecular complexity index is 660. The SMILES string of the molecule is NCc1cn(-c2cccc(Br)c2)c(=O)[nH]c1=O. The van der Waals surface area contributed by atoms with Gasteiger partial charge in [0.1, 0.15) is 0 Å². The zero-order valence-corrected chi connectivity index (χ0v) is 10.4. The van der Waals surface area contributed by atoms with Crippen LogP contribution >= 0.6 is 15.9 Å². The van der Waals surface area contributed by atoms with E-state index >= 15 is 0 Å². The molecule has 88 valence electrons. The first kappa shape index (κ1) is 11.8. The lowest BCUT2D eigenvalue weighted by Gasteiger charge is -2.06. The molecule has 1 aromatic heterocycles. The first-order valence-corrected chi connectivity index (χ1v) is 5.72. The van der Waals surface area contributed by atoms with Crippen molar-refractivity contribution in [3.63, 3.8) is 0 Å². The molecule has 2 aromatic rings. The van der Waals surface area contributed by atoms with Gasteiger partial charge < -0.3 is 5.73 Å². The zero-order chi connectivity index (χ0) is 12.4. The smallest absolute Gasteiger partial charge is 0.326 e. The van der Waals surface area contributed by atoms with E-state index in [1.807, 2.05) is 6.07 Å². The molecule has 1 aromatic carbocycles. The molecule has 0 unspecified atom stereocenters. The van der Waals surface area contributed by atoms with Crippen molar-refractivity contribution < 1.29 is 0 Å². The van der Waals surface area contributed by atoms with Gasteiger partial charge in [-0.2, -0.15) is 0 Å². The standard InChI is InChI=1S/C11H10BrN3O2/c12-8-2-1-3-9(4-8)15-6-7(5-13)10(16)14-11(15)17/h1-4,6H,5,13H2,(H,14,16,17). The molecule has 0 bridgehead atoms. The summed E-state index contributed by atoms with van der Waals surface area (Å²) in [5.74, 6) is 0. The van der Waals surface area contributed by atoms with E-state index in [4.69, 9.17) is 5.73 Å². The molecule has 5 nitrogen and oxygen atoms in total. The van der Waals surface area contributed by atoms with Gasteiger partial charge in [-0.1, -0.05) is 22.0 Å². The lowest BCUT2D eigenvalue weighted by Crippen LogP contribution is -2.31. The van der Waals surface area contributed by atoms with Crippen LogP contribution in [0.3, 0.4) is 0 Å². The Morgan fingerprint density at radius 1 is 1.35 bits per heavy atom. The van der Waals surface area contributed by atoms with E-state index < -0.39 is 11.2 Å². The number of aromatic nitrogens is 2. The second-order valence-electron chi connectivity index (χ2n) is 3.47. The number of aromatic amines is 1. The minimum absolute atomic E-state index is 0.0869. The topological polar surface area (TPSA) is 80.9 Å². The third kappa shape index (κ3) is 2.37. The van der Waals surface area contributed by atoms with E-state index in [9.17, 15) is 9.59 Å². The van der Waals surface area contributed by atoms with Crippen molar-refractivity contribution in [3.8, 4) is 5.69 Å². The number of rotatable bonds is 2.